The summed E-state index contributed by atoms with van der Waals surface area (Å²) in [5.41, 5.74) is 2.64. The predicted molar refractivity (Wildman–Crippen MR) is 125 cm³/mol. The molecule has 2 aromatic carbocycles. The molecule has 4 rings (SSSR count). The van der Waals surface area contributed by atoms with Gasteiger partial charge in [-0.05, 0) is 49.9 Å². The van der Waals surface area contributed by atoms with Crippen molar-refractivity contribution >= 4 is 11.9 Å². The molecule has 2 heterocycles. The molecule has 1 aliphatic heterocycles. The summed E-state index contributed by atoms with van der Waals surface area (Å²) in [6.45, 7) is 4.38. The number of carbonyl (C=O) groups excluding carboxylic acids is 1. The molecule has 1 fully saturated rings. The quantitative estimate of drug-likeness (QED) is 0.570. The summed E-state index contributed by atoms with van der Waals surface area (Å²) in [5.74, 6) is 0.261. The highest BCUT2D eigenvalue weighted by Gasteiger charge is 2.41. The van der Waals surface area contributed by atoms with E-state index in [1.165, 1.54) is 12.1 Å². The lowest BCUT2D eigenvalue weighted by atomic mass is 9.82. The standard InChI is InChI=1S/C26H29FN4O/c1-26(2,19-12-8-13-20(27)16-19)24(32)31-15-9-14-22(31)23-21(18-10-6-5-7-11-18)17-28-25(29-23)30(3)4/h5-8,10-13,16-17,22H,9,14-15H2,1-4H3. The van der Waals surface area contributed by atoms with E-state index < -0.39 is 5.41 Å². The summed E-state index contributed by atoms with van der Waals surface area (Å²) in [7, 11) is 3.82. The number of benzene rings is 2. The third-order valence-electron chi connectivity index (χ3n) is 6.20. The van der Waals surface area contributed by atoms with Crippen molar-refractivity contribution in [3.8, 4) is 11.1 Å². The van der Waals surface area contributed by atoms with Crippen molar-refractivity contribution in [1.29, 1.82) is 0 Å². The van der Waals surface area contributed by atoms with E-state index in [0.717, 1.165) is 29.7 Å². The molecule has 0 saturated carbocycles. The van der Waals surface area contributed by atoms with Gasteiger partial charge in [0.15, 0.2) is 0 Å². The maximum absolute atomic E-state index is 13.9. The lowest BCUT2D eigenvalue weighted by molar-refractivity contribution is -0.137. The van der Waals surface area contributed by atoms with E-state index in [9.17, 15) is 9.18 Å². The Labute approximate surface area is 188 Å². The van der Waals surface area contributed by atoms with Gasteiger partial charge in [-0.2, -0.15) is 0 Å². The Hall–Kier alpha value is -3.28. The van der Waals surface area contributed by atoms with Crippen LogP contribution in [0.25, 0.3) is 11.1 Å². The molecule has 1 amide bonds. The van der Waals surface area contributed by atoms with Crippen molar-refractivity contribution in [2.75, 3.05) is 25.5 Å². The molecule has 1 unspecified atom stereocenters. The van der Waals surface area contributed by atoms with Crippen molar-refractivity contribution in [3.05, 3.63) is 77.9 Å². The normalized spacial score (nSPS) is 16.3. The van der Waals surface area contributed by atoms with Crippen LogP contribution in [0.4, 0.5) is 10.3 Å². The zero-order valence-electron chi connectivity index (χ0n) is 19.0. The third-order valence-corrected chi connectivity index (χ3v) is 6.20. The number of halogens is 1. The highest BCUT2D eigenvalue weighted by Crippen LogP contribution is 2.40. The van der Waals surface area contributed by atoms with Gasteiger partial charge >= 0.3 is 0 Å². The van der Waals surface area contributed by atoms with E-state index in [-0.39, 0.29) is 17.8 Å². The Morgan fingerprint density at radius 3 is 2.56 bits per heavy atom. The minimum absolute atomic E-state index is 0.0189. The fourth-order valence-corrected chi connectivity index (χ4v) is 4.35. The molecule has 6 heteroatoms. The van der Waals surface area contributed by atoms with E-state index in [0.29, 0.717) is 18.1 Å². The average molecular weight is 433 g/mol. The Bertz CT molecular complexity index is 1110. The van der Waals surface area contributed by atoms with Crippen LogP contribution in [-0.2, 0) is 10.2 Å². The van der Waals surface area contributed by atoms with Gasteiger partial charge in [0, 0.05) is 32.4 Å². The molecule has 0 aliphatic carbocycles. The van der Waals surface area contributed by atoms with Crippen molar-refractivity contribution in [1.82, 2.24) is 14.9 Å². The topological polar surface area (TPSA) is 49.3 Å². The minimum Gasteiger partial charge on any atom is -0.347 e. The second-order valence-electron chi connectivity index (χ2n) is 9.02. The van der Waals surface area contributed by atoms with Gasteiger partial charge in [0.05, 0.1) is 17.2 Å². The summed E-state index contributed by atoms with van der Waals surface area (Å²) in [5, 5.41) is 0. The second kappa shape index (κ2) is 8.69. The molecule has 0 radical (unpaired) electrons. The van der Waals surface area contributed by atoms with Crippen LogP contribution >= 0.6 is 0 Å². The van der Waals surface area contributed by atoms with E-state index in [4.69, 9.17) is 4.98 Å². The van der Waals surface area contributed by atoms with Crippen molar-refractivity contribution in [2.24, 2.45) is 0 Å². The number of anilines is 1. The molecule has 0 bridgehead atoms. The van der Waals surface area contributed by atoms with Crippen LogP contribution < -0.4 is 4.90 Å². The van der Waals surface area contributed by atoms with Gasteiger partial charge in [-0.25, -0.2) is 14.4 Å². The molecule has 5 nitrogen and oxygen atoms in total. The van der Waals surface area contributed by atoms with Gasteiger partial charge in [-0.1, -0.05) is 42.5 Å². The molecule has 32 heavy (non-hydrogen) atoms. The molecule has 0 spiro atoms. The Morgan fingerprint density at radius 2 is 1.88 bits per heavy atom. The Balaban J connectivity index is 1.76. The van der Waals surface area contributed by atoms with Gasteiger partial charge in [0.2, 0.25) is 11.9 Å². The van der Waals surface area contributed by atoms with E-state index >= 15 is 0 Å². The van der Waals surface area contributed by atoms with Crippen molar-refractivity contribution in [3.63, 3.8) is 0 Å². The molecular formula is C26H29FN4O. The van der Waals surface area contributed by atoms with Crippen LogP contribution in [0, 0.1) is 5.82 Å². The lowest BCUT2D eigenvalue weighted by Crippen LogP contribution is -2.43. The predicted octanol–water partition coefficient (Wildman–Crippen LogP) is 4.99. The first-order valence-corrected chi connectivity index (χ1v) is 11.0. The van der Waals surface area contributed by atoms with E-state index in [1.54, 1.807) is 6.07 Å². The summed E-state index contributed by atoms with van der Waals surface area (Å²) in [6, 6.07) is 16.2. The lowest BCUT2D eigenvalue weighted by Gasteiger charge is -2.34. The minimum atomic E-state index is -0.852. The van der Waals surface area contributed by atoms with Crippen LogP contribution in [-0.4, -0.2) is 41.4 Å². The smallest absolute Gasteiger partial charge is 0.233 e. The fraction of sp³-hybridized carbons (Fsp3) is 0.346. The van der Waals surface area contributed by atoms with E-state index in [2.05, 4.69) is 4.98 Å². The Kier molecular flexibility index (Phi) is 5.96. The molecule has 1 saturated heterocycles. The fourth-order valence-electron chi connectivity index (χ4n) is 4.35. The number of carbonyl (C=O) groups is 1. The zero-order chi connectivity index (χ0) is 22.9. The van der Waals surface area contributed by atoms with E-state index in [1.807, 2.05) is 80.3 Å². The van der Waals surface area contributed by atoms with Gasteiger partial charge < -0.3 is 9.80 Å². The number of hydrogen-bond donors (Lipinski definition) is 0. The largest absolute Gasteiger partial charge is 0.347 e. The van der Waals surface area contributed by atoms with Crippen LogP contribution in [0.15, 0.2) is 60.8 Å². The summed E-state index contributed by atoms with van der Waals surface area (Å²) in [4.78, 5) is 27.0. The molecule has 3 aromatic rings. The molecule has 0 N–H and O–H groups in total. The SMILES string of the molecule is CN(C)c1ncc(-c2ccccc2)c(C2CCCN2C(=O)C(C)(C)c2cccc(F)c2)n1. The van der Waals surface area contributed by atoms with Crippen molar-refractivity contribution < 1.29 is 9.18 Å². The maximum Gasteiger partial charge on any atom is 0.233 e. The van der Waals surface area contributed by atoms with Crippen LogP contribution in [0.5, 0.6) is 0 Å². The van der Waals surface area contributed by atoms with Gasteiger partial charge in [-0.15, -0.1) is 0 Å². The molecular weight excluding hydrogens is 403 g/mol. The first-order chi connectivity index (χ1) is 15.3. The summed E-state index contributed by atoms with van der Waals surface area (Å²) >= 11 is 0. The van der Waals surface area contributed by atoms with Crippen molar-refractivity contribution in [2.45, 2.75) is 38.1 Å². The first kappa shape index (κ1) is 21.9. The highest BCUT2D eigenvalue weighted by atomic mass is 19.1. The zero-order valence-corrected chi connectivity index (χ0v) is 19.0. The number of amides is 1. The number of aromatic nitrogens is 2. The van der Waals surface area contributed by atoms with Crippen LogP contribution in [0.2, 0.25) is 0 Å². The van der Waals surface area contributed by atoms with Gasteiger partial charge in [0.1, 0.15) is 5.82 Å². The number of rotatable bonds is 5. The van der Waals surface area contributed by atoms with Crippen LogP contribution in [0.3, 0.4) is 0 Å². The first-order valence-electron chi connectivity index (χ1n) is 11.0. The molecule has 1 aromatic heterocycles. The van der Waals surface area contributed by atoms with Gasteiger partial charge in [0.25, 0.3) is 0 Å². The molecule has 1 atom stereocenters. The van der Waals surface area contributed by atoms with Gasteiger partial charge in [-0.3, -0.25) is 4.79 Å². The number of hydrogen-bond acceptors (Lipinski definition) is 4. The maximum atomic E-state index is 13.9. The van der Waals surface area contributed by atoms with Crippen LogP contribution in [0.1, 0.15) is 44.0 Å². The third kappa shape index (κ3) is 4.09. The second-order valence-corrected chi connectivity index (χ2v) is 9.02. The molecule has 166 valence electrons. The molecule has 1 aliphatic rings. The average Bonchev–Trinajstić information content (AvgIpc) is 3.28. The summed E-state index contributed by atoms with van der Waals surface area (Å²) < 4.78 is 13.9. The Morgan fingerprint density at radius 1 is 1.12 bits per heavy atom. The monoisotopic (exact) mass is 432 g/mol. The summed E-state index contributed by atoms with van der Waals surface area (Å²) in [6.07, 6.45) is 3.57. The number of likely N-dealkylation sites (tertiary alicyclic amines) is 1. The number of nitrogens with zero attached hydrogens (tertiary/aromatic N) is 4. The highest BCUT2D eigenvalue weighted by molar-refractivity contribution is 5.88.